The zero-order valence-corrected chi connectivity index (χ0v) is 10.9. The van der Waals surface area contributed by atoms with Gasteiger partial charge in [-0.05, 0) is 17.7 Å². The summed E-state index contributed by atoms with van der Waals surface area (Å²) in [6.07, 6.45) is -5.89. The van der Waals surface area contributed by atoms with E-state index in [2.05, 4.69) is 20.7 Å². The van der Waals surface area contributed by atoms with Gasteiger partial charge in [-0.2, -0.15) is 22.0 Å². The van der Waals surface area contributed by atoms with Gasteiger partial charge in [-0.15, -0.1) is 0 Å². The molecule has 8 heteroatoms. The van der Waals surface area contributed by atoms with Gasteiger partial charge >= 0.3 is 18.1 Å². The maximum atomic E-state index is 12.5. The molecular formula is C11H8BrF5O2. The van der Waals surface area contributed by atoms with Crippen LogP contribution in [0.1, 0.15) is 5.56 Å². The molecule has 1 aromatic carbocycles. The molecule has 19 heavy (non-hydrogen) atoms. The lowest BCUT2D eigenvalue weighted by atomic mass is 10.2. The molecule has 0 unspecified atom stereocenters. The van der Waals surface area contributed by atoms with Crippen molar-refractivity contribution in [2.75, 3.05) is 6.61 Å². The quantitative estimate of drug-likeness (QED) is 0.613. The van der Waals surface area contributed by atoms with Gasteiger partial charge in [0.05, 0.1) is 6.61 Å². The van der Waals surface area contributed by atoms with Gasteiger partial charge < -0.3 is 4.74 Å². The molecule has 0 aromatic heterocycles. The molecule has 0 atom stereocenters. The Morgan fingerprint density at radius 1 is 1.11 bits per heavy atom. The average molecular weight is 347 g/mol. The van der Waals surface area contributed by atoms with E-state index in [-0.39, 0.29) is 6.42 Å². The van der Waals surface area contributed by atoms with Crippen LogP contribution < -0.4 is 0 Å². The number of carbonyl (C=O) groups is 1. The Kier molecular flexibility index (Phi) is 4.89. The van der Waals surface area contributed by atoms with E-state index < -0.39 is 24.7 Å². The summed E-state index contributed by atoms with van der Waals surface area (Å²) in [7, 11) is 0. The Morgan fingerprint density at radius 2 is 1.63 bits per heavy atom. The fourth-order valence-electron chi connectivity index (χ4n) is 1.12. The highest BCUT2D eigenvalue weighted by Crippen LogP contribution is 2.36. The SMILES string of the molecule is O=C(OCCc1ccc(Br)cc1)C(F)(F)C(F)(F)F. The van der Waals surface area contributed by atoms with Crippen LogP contribution >= 0.6 is 15.9 Å². The second-order valence-electron chi connectivity index (χ2n) is 3.58. The minimum Gasteiger partial charge on any atom is -0.461 e. The van der Waals surface area contributed by atoms with Gasteiger partial charge in [0, 0.05) is 10.9 Å². The molecule has 0 aliphatic heterocycles. The summed E-state index contributed by atoms with van der Waals surface area (Å²) in [6.45, 7) is -0.549. The molecule has 0 aliphatic rings. The van der Waals surface area contributed by atoms with Crippen LogP contribution in [0.2, 0.25) is 0 Å². The predicted molar refractivity (Wildman–Crippen MR) is 59.8 cm³/mol. The Labute approximate surface area is 113 Å². The molecule has 106 valence electrons. The largest absolute Gasteiger partial charge is 0.465 e. The molecule has 0 saturated heterocycles. The van der Waals surface area contributed by atoms with Crippen molar-refractivity contribution in [3.8, 4) is 0 Å². The first-order chi connectivity index (χ1) is 8.64. The second kappa shape index (κ2) is 5.85. The molecule has 0 bridgehead atoms. The van der Waals surface area contributed by atoms with Crippen LogP contribution in [0.3, 0.4) is 0 Å². The smallest absolute Gasteiger partial charge is 0.461 e. The molecule has 0 heterocycles. The maximum Gasteiger partial charge on any atom is 0.465 e. The van der Waals surface area contributed by atoms with Gasteiger partial charge in [0.25, 0.3) is 0 Å². The zero-order chi connectivity index (χ0) is 14.7. The first kappa shape index (κ1) is 15.9. The summed E-state index contributed by atoms with van der Waals surface area (Å²) >= 11 is 3.18. The lowest BCUT2D eigenvalue weighted by molar-refractivity contribution is -0.280. The predicted octanol–water partition coefficient (Wildman–Crippen LogP) is 3.73. The normalized spacial score (nSPS) is 12.3. The summed E-state index contributed by atoms with van der Waals surface area (Å²) < 4.78 is 65.2. The first-order valence-electron chi connectivity index (χ1n) is 5.01. The van der Waals surface area contributed by atoms with Crippen LogP contribution in [0.15, 0.2) is 28.7 Å². The third-order valence-electron chi connectivity index (χ3n) is 2.15. The number of benzene rings is 1. The maximum absolute atomic E-state index is 12.5. The summed E-state index contributed by atoms with van der Waals surface area (Å²) in [5.41, 5.74) is 0.645. The summed E-state index contributed by atoms with van der Waals surface area (Å²) in [5, 5.41) is 0. The fourth-order valence-corrected chi connectivity index (χ4v) is 1.38. The number of ether oxygens (including phenoxy) is 1. The standard InChI is InChI=1S/C11H8BrF5O2/c12-8-3-1-7(2-4-8)5-6-19-9(18)10(13,14)11(15,16)17/h1-4H,5-6H2. The van der Waals surface area contributed by atoms with Crippen molar-refractivity contribution in [3.63, 3.8) is 0 Å². The number of carbonyl (C=O) groups excluding carboxylic acids is 1. The van der Waals surface area contributed by atoms with Crippen molar-refractivity contribution >= 4 is 21.9 Å². The van der Waals surface area contributed by atoms with E-state index in [4.69, 9.17) is 0 Å². The molecule has 1 aromatic rings. The van der Waals surface area contributed by atoms with Crippen LogP contribution in [0.25, 0.3) is 0 Å². The molecule has 1 rings (SSSR count). The Bertz CT molecular complexity index is 441. The third-order valence-corrected chi connectivity index (χ3v) is 2.68. The number of halogens is 6. The number of hydrogen-bond acceptors (Lipinski definition) is 2. The van der Waals surface area contributed by atoms with E-state index in [1.54, 1.807) is 24.3 Å². The Balaban J connectivity index is 2.49. The van der Waals surface area contributed by atoms with Gasteiger partial charge in [-0.25, -0.2) is 4.79 Å². The number of esters is 1. The molecule has 0 amide bonds. The monoisotopic (exact) mass is 346 g/mol. The topological polar surface area (TPSA) is 26.3 Å². The van der Waals surface area contributed by atoms with E-state index in [9.17, 15) is 26.7 Å². The van der Waals surface area contributed by atoms with Crippen molar-refractivity contribution in [1.82, 2.24) is 0 Å². The number of alkyl halides is 5. The Morgan fingerprint density at radius 3 is 2.11 bits per heavy atom. The minimum atomic E-state index is -5.94. The lowest BCUT2D eigenvalue weighted by Gasteiger charge is -2.17. The molecule has 0 saturated carbocycles. The van der Waals surface area contributed by atoms with Crippen molar-refractivity contribution in [1.29, 1.82) is 0 Å². The molecule has 2 nitrogen and oxygen atoms in total. The lowest BCUT2D eigenvalue weighted by Crippen LogP contribution is -2.45. The molecule has 0 fully saturated rings. The average Bonchev–Trinajstić information content (AvgIpc) is 2.30. The van der Waals surface area contributed by atoms with Crippen LogP contribution in [0.4, 0.5) is 22.0 Å². The summed E-state index contributed by atoms with van der Waals surface area (Å²) in [4.78, 5) is 10.7. The van der Waals surface area contributed by atoms with Gasteiger partial charge in [0.15, 0.2) is 0 Å². The fraction of sp³-hybridized carbons (Fsp3) is 0.364. The highest BCUT2D eigenvalue weighted by atomic mass is 79.9. The molecule has 0 aliphatic carbocycles. The van der Waals surface area contributed by atoms with Crippen molar-refractivity contribution < 1.29 is 31.5 Å². The summed E-state index contributed by atoms with van der Waals surface area (Å²) in [5.74, 6) is -8.07. The molecular weight excluding hydrogens is 339 g/mol. The van der Waals surface area contributed by atoms with Crippen LogP contribution in [0, 0.1) is 0 Å². The highest BCUT2D eigenvalue weighted by molar-refractivity contribution is 9.10. The van der Waals surface area contributed by atoms with Crippen LogP contribution in [-0.2, 0) is 16.0 Å². The van der Waals surface area contributed by atoms with Crippen molar-refractivity contribution in [2.24, 2.45) is 0 Å². The van der Waals surface area contributed by atoms with Gasteiger partial charge in [0.1, 0.15) is 0 Å². The van der Waals surface area contributed by atoms with Gasteiger partial charge in [-0.3, -0.25) is 0 Å². The van der Waals surface area contributed by atoms with Gasteiger partial charge in [0.2, 0.25) is 0 Å². The van der Waals surface area contributed by atoms with Gasteiger partial charge in [-0.1, -0.05) is 28.1 Å². The second-order valence-corrected chi connectivity index (χ2v) is 4.50. The van der Waals surface area contributed by atoms with E-state index in [0.29, 0.717) is 5.56 Å². The Hall–Kier alpha value is -1.18. The van der Waals surface area contributed by atoms with E-state index in [1.165, 1.54) is 0 Å². The van der Waals surface area contributed by atoms with Crippen molar-refractivity contribution in [3.05, 3.63) is 34.3 Å². The van der Waals surface area contributed by atoms with Crippen LogP contribution in [-0.4, -0.2) is 24.7 Å². The molecule has 0 spiro atoms. The number of rotatable bonds is 4. The van der Waals surface area contributed by atoms with E-state index in [1.807, 2.05) is 0 Å². The minimum absolute atomic E-state index is 0.0486. The molecule has 0 radical (unpaired) electrons. The number of hydrogen-bond donors (Lipinski definition) is 0. The van der Waals surface area contributed by atoms with E-state index in [0.717, 1.165) is 4.47 Å². The molecule has 0 N–H and O–H groups in total. The highest BCUT2D eigenvalue weighted by Gasteiger charge is 2.64. The van der Waals surface area contributed by atoms with E-state index >= 15 is 0 Å². The third kappa shape index (κ3) is 4.15. The first-order valence-corrected chi connectivity index (χ1v) is 5.80. The van der Waals surface area contributed by atoms with Crippen molar-refractivity contribution in [2.45, 2.75) is 18.5 Å². The summed E-state index contributed by atoms with van der Waals surface area (Å²) in [6, 6.07) is 6.59. The zero-order valence-electron chi connectivity index (χ0n) is 9.31. The van der Waals surface area contributed by atoms with Crippen LogP contribution in [0.5, 0.6) is 0 Å².